The van der Waals surface area contributed by atoms with Gasteiger partial charge in [-0.15, -0.1) is 0 Å². The van der Waals surface area contributed by atoms with Crippen LogP contribution >= 0.6 is 15.9 Å². The lowest BCUT2D eigenvalue weighted by molar-refractivity contribution is 0.376. The average molecular weight is 314 g/mol. The van der Waals surface area contributed by atoms with Crippen LogP contribution in [0.1, 0.15) is 0 Å². The third-order valence-electron chi connectivity index (χ3n) is 2.45. The predicted octanol–water partition coefficient (Wildman–Crippen LogP) is 1.23. The second-order valence-electron chi connectivity index (χ2n) is 3.56. The topological polar surface area (TPSA) is 83.3 Å². The summed E-state index contributed by atoms with van der Waals surface area (Å²) in [6.45, 7) is 0.701. The smallest absolute Gasteiger partial charge is 0.441 e. The fourth-order valence-corrected chi connectivity index (χ4v) is 2.15. The van der Waals surface area contributed by atoms with Crippen LogP contribution in [0.2, 0.25) is 0 Å². The normalized spacial score (nSPS) is 10.6. The molecule has 2 aromatic rings. The quantitative estimate of drug-likeness (QED) is 0.918. The number of nitrogens with two attached hydrogens (primary N) is 1. The van der Waals surface area contributed by atoms with E-state index in [1.54, 1.807) is 19.2 Å². The highest BCUT2D eigenvalue weighted by Gasteiger charge is 2.13. The van der Waals surface area contributed by atoms with E-state index in [0.717, 1.165) is 10.0 Å². The van der Waals surface area contributed by atoms with Gasteiger partial charge in [0.1, 0.15) is 5.75 Å². The summed E-state index contributed by atoms with van der Waals surface area (Å²) in [7, 11) is 1.58. The Bertz CT molecular complexity index is 606. The first kappa shape index (κ1) is 12.8. The average Bonchev–Trinajstić information content (AvgIpc) is 2.72. The second kappa shape index (κ2) is 5.36. The third kappa shape index (κ3) is 2.32. The van der Waals surface area contributed by atoms with Crippen LogP contribution in [0.25, 0.3) is 11.4 Å². The molecule has 0 saturated heterocycles. The van der Waals surface area contributed by atoms with Gasteiger partial charge >= 0.3 is 5.76 Å². The van der Waals surface area contributed by atoms with Gasteiger partial charge in [0.15, 0.2) is 5.82 Å². The van der Waals surface area contributed by atoms with Crippen molar-refractivity contribution in [2.24, 2.45) is 5.73 Å². The summed E-state index contributed by atoms with van der Waals surface area (Å²) in [5.74, 6) is 0.645. The molecule has 0 aliphatic heterocycles. The molecule has 0 aliphatic carbocycles. The van der Waals surface area contributed by atoms with Crippen molar-refractivity contribution in [3.05, 3.63) is 33.2 Å². The van der Waals surface area contributed by atoms with E-state index >= 15 is 0 Å². The number of aromatic nitrogens is 2. The van der Waals surface area contributed by atoms with Gasteiger partial charge in [-0.2, -0.15) is 0 Å². The number of halogens is 1. The molecule has 0 bridgehead atoms. The molecule has 0 fully saturated rings. The molecule has 0 unspecified atom stereocenters. The first-order valence-electron chi connectivity index (χ1n) is 5.28. The van der Waals surface area contributed by atoms with E-state index in [2.05, 4.69) is 25.6 Å². The molecule has 18 heavy (non-hydrogen) atoms. The zero-order valence-electron chi connectivity index (χ0n) is 9.72. The summed E-state index contributed by atoms with van der Waals surface area (Å²) in [4.78, 5) is 11.5. The van der Waals surface area contributed by atoms with Crippen LogP contribution < -0.4 is 16.2 Å². The van der Waals surface area contributed by atoms with E-state index in [-0.39, 0.29) is 0 Å². The van der Waals surface area contributed by atoms with Crippen LogP contribution in [0.4, 0.5) is 0 Å². The van der Waals surface area contributed by atoms with Crippen molar-refractivity contribution in [2.75, 3.05) is 13.7 Å². The lowest BCUT2D eigenvalue weighted by Crippen LogP contribution is -2.20. The van der Waals surface area contributed by atoms with Crippen molar-refractivity contribution in [3.8, 4) is 17.1 Å². The minimum Gasteiger partial charge on any atom is -0.496 e. The summed E-state index contributed by atoms with van der Waals surface area (Å²) < 4.78 is 12.0. The van der Waals surface area contributed by atoms with Crippen LogP contribution in [-0.4, -0.2) is 23.4 Å². The highest BCUT2D eigenvalue weighted by Crippen LogP contribution is 2.29. The molecule has 96 valence electrons. The zero-order chi connectivity index (χ0) is 13.1. The Hall–Kier alpha value is -1.60. The maximum Gasteiger partial charge on any atom is 0.441 e. The van der Waals surface area contributed by atoms with Crippen molar-refractivity contribution in [3.63, 3.8) is 0 Å². The Morgan fingerprint density at radius 2 is 2.33 bits per heavy atom. The Balaban J connectivity index is 2.49. The summed E-state index contributed by atoms with van der Waals surface area (Å²) in [5.41, 5.74) is 6.20. The van der Waals surface area contributed by atoms with Crippen LogP contribution in [0.15, 0.2) is 32.0 Å². The molecule has 0 atom stereocenters. The Morgan fingerprint density at radius 1 is 1.56 bits per heavy atom. The molecular weight excluding hydrogens is 302 g/mol. The number of hydrogen-bond donors (Lipinski definition) is 1. The molecule has 7 heteroatoms. The Morgan fingerprint density at radius 3 is 2.94 bits per heavy atom. The Kier molecular flexibility index (Phi) is 3.83. The van der Waals surface area contributed by atoms with Gasteiger partial charge < -0.3 is 10.5 Å². The number of rotatable bonds is 4. The van der Waals surface area contributed by atoms with Gasteiger partial charge in [0.2, 0.25) is 0 Å². The predicted molar refractivity (Wildman–Crippen MR) is 69.5 cm³/mol. The summed E-state index contributed by atoms with van der Waals surface area (Å²) >= 11 is 3.38. The highest BCUT2D eigenvalue weighted by atomic mass is 79.9. The van der Waals surface area contributed by atoms with Crippen molar-refractivity contribution in [2.45, 2.75) is 6.54 Å². The van der Waals surface area contributed by atoms with Crippen molar-refractivity contribution in [1.29, 1.82) is 0 Å². The SMILES string of the molecule is COc1ccc(-c2noc(=O)n2CCN)cc1Br. The minimum atomic E-state index is -0.512. The molecule has 2 rings (SSSR count). The number of nitrogens with zero attached hydrogens (tertiary/aromatic N) is 2. The minimum absolute atomic E-state index is 0.339. The van der Waals surface area contributed by atoms with Crippen LogP contribution in [0, 0.1) is 0 Å². The standard InChI is InChI=1S/C11H12BrN3O3/c1-17-9-3-2-7(6-8(9)12)10-14-18-11(16)15(10)5-4-13/h2-3,6H,4-5,13H2,1H3. The molecular formula is C11H12BrN3O3. The molecule has 1 aromatic heterocycles. The third-order valence-corrected chi connectivity index (χ3v) is 3.07. The van der Waals surface area contributed by atoms with Crippen LogP contribution in [0.5, 0.6) is 5.75 Å². The first-order valence-corrected chi connectivity index (χ1v) is 6.07. The number of ether oxygens (including phenoxy) is 1. The lowest BCUT2D eigenvalue weighted by Gasteiger charge is -2.06. The number of hydrogen-bond acceptors (Lipinski definition) is 5. The molecule has 2 N–H and O–H groups in total. The maximum absolute atomic E-state index is 11.5. The Labute approximate surface area is 111 Å². The number of benzene rings is 1. The summed E-state index contributed by atoms with van der Waals surface area (Å²) in [6, 6.07) is 5.39. The maximum atomic E-state index is 11.5. The molecule has 6 nitrogen and oxygen atoms in total. The van der Waals surface area contributed by atoms with E-state index in [1.165, 1.54) is 4.57 Å². The largest absolute Gasteiger partial charge is 0.496 e. The van der Waals surface area contributed by atoms with Crippen LogP contribution in [-0.2, 0) is 6.54 Å². The van der Waals surface area contributed by atoms with Crippen molar-refractivity contribution >= 4 is 15.9 Å². The van der Waals surface area contributed by atoms with Gasteiger partial charge in [-0.1, -0.05) is 5.16 Å². The van der Waals surface area contributed by atoms with E-state index in [0.29, 0.717) is 24.7 Å². The molecule has 0 radical (unpaired) electrons. The molecule has 0 saturated carbocycles. The van der Waals surface area contributed by atoms with Gasteiger partial charge in [0.05, 0.1) is 11.6 Å². The zero-order valence-corrected chi connectivity index (χ0v) is 11.3. The van der Waals surface area contributed by atoms with E-state index in [4.69, 9.17) is 10.5 Å². The summed E-state index contributed by atoms with van der Waals surface area (Å²) in [5, 5.41) is 3.76. The van der Waals surface area contributed by atoms with Gasteiger partial charge in [-0.3, -0.25) is 9.09 Å². The monoisotopic (exact) mass is 313 g/mol. The lowest BCUT2D eigenvalue weighted by atomic mass is 10.2. The van der Waals surface area contributed by atoms with Gasteiger partial charge in [0, 0.05) is 18.7 Å². The molecule has 1 heterocycles. The van der Waals surface area contributed by atoms with E-state index < -0.39 is 5.76 Å². The van der Waals surface area contributed by atoms with Crippen LogP contribution in [0.3, 0.4) is 0 Å². The molecule has 0 amide bonds. The first-order chi connectivity index (χ1) is 8.67. The summed E-state index contributed by atoms with van der Waals surface area (Å²) in [6.07, 6.45) is 0. The fraction of sp³-hybridized carbons (Fsp3) is 0.273. The van der Waals surface area contributed by atoms with Crippen molar-refractivity contribution in [1.82, 2.24) is 9.72 Å². The van der Waals surface area contributed by atoms with Gasteiger partial charge in [-0.25, -0.2) is 4.79 Å². The van der Waals surface area contributed by atoms with Crippen molar-refractivity contribution < 1.29 is 9.26 Å². The molecule has 0 aliphatic rings. The molecule has 1 aromatic carbocycles. The van der Waals surface area contributed by atoms with Gasteiger partial charge in [-0.05, 0) is 34.1 Å². The van der Waals surface area contributed by atoms with E-state index in [9.17, 15) is 4.79 Å². The second-order valence-corrected chi connectivity index (χ2v) is 4.42. The van der Waals surface area contributed by atoms with Gasteiger partial charge in [0.25, 0.3) is 0 Å². The molecule has 0 spiro atoms. The van der Waals surface area contributed by atoms with E-state index in [1.807, 2.05) is 6.07 Å². The highest BCUT2D eigenvalue weighted by molar-refractivity contribution is 9.10. The fourth-order valence-electron chi connectivity index (χ4n) is 1.61. The number of methoxy groups -OCH3 is 1.